The monoisotopic (exact) mass is 576 g/mol. The van der Waals surface area contributed by atoms with Gasteiger partial charge in [0.1, 0.15) is 0 Å². The standard InChI is InChI=1S/C33H28N4O4S/c1-20-16-21(35-19-38)18-22(17-20)36-33(41)34-14-6-2-3-7-15-37-31(39)25-11-10-24-23-8-4-5-9-27(23)42-28-13-12-26(32(37)40)29(25)30(24)28/h4-5,8-13,16-18H,2-3,6-7,14-15H2,1H3,(H2,34,36,41). The summed E-state index contributed by atoms with van der Waals surface area (Å²) in [7, 11) is 0. The van der Waals surface area contributed by atoms with Gasteiger partial charge in [-0.1, -0.05) is 37.1 Å². The molecule has 0 spiro atoms. The molecule has 2 N–H and O–H groups in total. The van der Waals surface area contributed by atoms with Gasteiger partial charge in [-0.05, 0) is 78.6 Å². The zero-order valence-electron chi connectivity index (χ0n) is 23.0. The van der Waals surface area contributed by atoms with E-state index in [9.17, 15) is 19.2 Å². The second-order valence-electron chi connectivity index (χ2n) is 10.4. The first kappa shape index (κ1) is 27.3. The molecule has 0 saturated carbocycles. The number of aliphatic imine (C=N–C) groups is 1. The molecule has 6 rings (SSSR count). The second-order valence-corrected chi connectivity index (χ2v) is 11.5. The number of nitrogens with zero attached hydrogens (tertiary/aromatic N) is 2. The van der Waals surface area contributed by atoms with Crippen molar-refractivity contribution in [3.05, 3.63) is 93.0 Å². The molecule has 2 amide bonds. The lowest BCUT2D eigenvalue weighted by Gasteiger charge is -2.14. The molecule has 0 atom stereocenters. The van der Waals surface area contributed by atoms with Crippen LogP contribution < -0.4 is 21.8 Å². The van der Waals surface area contributed by atoms with Crippen LogP contribution in [0.5, 0.6) is 0 Å². The number of pyridine rings is 1. The first-order chi connectivity index (χ1) is 20.4. The van der Waals surface area contributed by atoms with Crippen LogP contribution in [0.1, 0.15) is 31.2 Å². The summed E-state index contributed by atoms with van der Waals surface area (Å²) in [5.74, 6) is 0. The molecule has 9 heteroatoms. The zero-order chi connectivity index (χ0) is 29.2. The first-order valence-electron chi connectivity index (χ1n) is 13.9. The van der Waals surface area contributed by atoms with E-state index in [0.717, 1.165) is 51.1 Å². The highest BCUT2D eigenvalue weighted by Crippen LogP contribution is 2.39. The van der Waals surface area contributed by atoms with Gasteiger partial charge in [0, 0.05) is 49.7 Å². The van der Waals surface area contributed by atoms with Crippen LogP contribution in [-0.4, -0.2) is 23.2 Å². The van der Waals surface area contributed by atoms with Gasteiger partial charge in [0.25, 0.3) is 11.1 Å². The molecule has 0 aliphatic heterocycles. The fourth-order valence-electron chi connectivity index (χ4n) is 5.69. The van der Waals surface area contributed by atoms with Gasteiger partial charge >= 0.3 is 6.03 Å². The molecule has 2 heterocycles. The van der Waals surface area contributed by atoms with E-state index < -0.39 is 0 Å². The molecule has 0 saturated heterocycles. The highest BCUT2D eigenvalue weighted by molar-refractivity contribution is 7.25. The van der Waals surface area contributed by atoms with Crippen LogP contribution >= 0.6 is 11.3 Å². The number of rotatable bonds is 9. The highest BCUT2D eigenvalue weighted by Gasteiger charge is 2.18. The van der Waals surface area contributed by atoms with Crippen molar-refractivity contribution >= 4 is 76.5 Å². The van der Waals surface area contributed by atoms with Gasteiger partial charge in [0.05, 0.1) is 5.69 Å². The van der Waals surface area contributed by atoms with Gasteiger partial charge in [-0.2, -0.15) is 4.99 Å². The third-order valence-corrected chi connectivity index (χ3v) is 8.70. The van der Waals surface area contributed by atoms with Gasteiger partial charge in [0.2, 0.25) is 6.08 Å². The summed E-state index contributed by atoms with van der Waals surface area (Å²) in [5.41, 5.74) is 1.36. The van der Waals surface area contributed by atoms with Crippen molar-refractivity contribution in [3.8, 4) is 0 Å². The average molecular weight is 577 g/mol. The molecule has 4 aromatic carbocycles. The summed E-state index contributed by atoms with van der Waals surface area (Å²) in [5, 5.41) is 10.7. The number of aromatic nitrogens is 1. The summed E-state index contributed by atoms with van der Waals surface area (Å²) in [6, 6.07) is 20.7. The van der Waals surface area contributed by atoms with Gasteiger partial charge in [-0.3, -0.25) is 14.2 Å². The van der Waals surface area contributed by atoms with E-state index in [-0.39, 0.29) is 17.1 Å². The quantitative estimate of drug-likeness (QED) is 0.0636. The number of fused-ring (bicyclic) bond motifs is 2. The Labute approximate surface area is 244 Å². The third kappa shape index (κ3) is 5.16. The fourth-order valence-corrected chi connectivity index (χ4v) is 6.81. The molecule has 0 bridgehead atoms. The summed E-state index contributed by atoms with van der Waals surface area (Å²) >= 11 is 1.68. The molecular weight excluding hydrogens is 548 g/mol. The lowest BCUT2D eigenvalue weighted by atomic mass is 9.97. The van der Waals surface area contributed by atoms with E-state index in [4.69, 9.17) is 0 Å². The maximum Gasteiger partial charge on any atom is 0.319 e. The Balaban J connectivity index is 1.09. The van der Waals surface area contributed by atoms with Crippen molar-refractivity contribution in [3.63, 3.8) is 0 Å². The number of carbonyl (C=O) groups excluding carboxylic acids is 2. The van der Waals surface area contributed by atoms with Gasteiger partial charge in [-0.15, -0.1) is 11.3 Å². The Kier molecular flexibility index (Phi) is 7.52. The van der Waals surface area contributed by atoms with Gasteiger partial charge < -0.3 is 10.6 Å². The molecule has 0 unspecified atom stereocenters. The van der Waals surface area contributed by atoms with Crippen LogP contribution in [0.25, 0.3) is 41.7 Å². The normalized spacial score (nSPS) is 11.4. The predicted octanol–water partition coefficient (Wildman–Crippen LogP) is 6.98. The number of amides is 2. The van der Waals surface area contributed by atoms with Crippen molar-refractivity contribution in [1.29, 1.82) is 0 Å². The Morgan fingerprint density at radius 3 is 2.38 bits per heavy atom. The lowest BCUT2D eigenvalue weighted by Crippen LogP contribution is -2.33. The summed E-state index contributed by atoms with van der Waals surface area (Å²) < 4.78 is 3.61. The van der Waals surface area contributed by atoms with E-state index >= 15 is 0 Å². The Bertz CT molecular complexity index is 2110. The minimum absolute atomic E-state index is 0.239. The van der Waals surface area contributed by atoms with Crippen molar-refractivity contribution < 1.29 is 9.59 Å². The van der Waals surface area contributed by atoms with Crippen molar-refractivity contribution in [2.24, 2.45) is 4.99 Å². The fraction of sp³-hybridized carbons (Fsp3) is 0.212. The zero-order valence-corrected chi connectivity index (χ0v) is 23.8. The lowest BCUT2D eigenvalue weighted by molar-refractivity contribution is 0.252. The van der Waals surface area contributed by atoms with E-state index in [1.807, 2.05) is 43.3 Å². The molecule has 8 nitrogen and oxygen atoms in total. The number of nitrogens with one attached hydrogen (secondary N) is 2. The largest absolute Gasteiger partial charge is 0.338 e. The van der Waals surface area contributed by atoms with E-state index in [2.05, 4.69) is 27.8 Å². The number of aryl methyl sites for hydroxylation is 1. The predicted molar refractivity (Wildman–Crippen MR) is 171 cm³/mol. The number of isocyanates is 1. The molecule has 6 aromatic rings. The minimum Gasteiger partial charge on any atom is -0.338 e. The van der Waals surface area contributed by atoms with Crippen LogP contribution in [0.2, 0.25) is 0 Å². The van der Waals surface area contributed by atoms with Crippen molar-refractivity contribution in [2.45, 2.75) is 39.2 Å². The highest BCUT2D eigenvalue weighted by atomic mass is 32.1. The Morgan fingerprint density at radius 2 is 1.57 bits per heavy atom. The van der Waals surface area contributed by atoms with Gasteiger partial charge in [-0.25, -0.2) is 9.59 Å². The first-order valence-corrected chi connectivity index (χ1v) is 14.7. The van der Waals surface area contributed by atoms with Crippen LogP contribution in [0.3, 0.4) is 0 Å². The van der Waals surface area contributed by atoms with Crippen molar-refractivity contribution in [2.75, 3.05) is 11.9 Å². The number of hydrogen-bond acceptors (Lipinski definition) is 6. The summed E-state index contributed by atoms with van der Waals surface area (Å²) in [4.78, 5) is 53.3. The van der Waals surface area contributed by atoms with Crippen LogP contribution in [0.15, 0.2) is 81.3 Å². The van der Waals surface area contributed by atoms with Crippen LogP contribution in [-0.2, 0) is 11.3 Å². The summed E-state index contributed by atoms with van der Waals surface area (Å²) in [6.07, 6.45) is 4.61. The molecule has 0 aliphatic rings. The molecule has 0 aliphatic carbocycles. The van der Waals surface area contributed by atoms with E-state index in [1.54, 1.807) is 29.5 Å². The van der Waals surface area contributed by atoms with Crippen molar-refractivity contribution in [1.82, 2.24) is 9.88 Å². The smallest absolute Gasteiger partial charge is 0.319 e. The van der Waals surface area contributed by atoms with Gasteiger partial charge in [0.15, 0.2) is 0 Å². The molecule has 2 aromatic heterocycles. The number of anilines is 1. The Hall–Kier alpha value is -4.85. The molecular formula is C33H28N4O4S. The molecule has 0 fully saturated rings. The maximum absolute atomic E-state index is 13.5. The molecule has 0 radical (unpaired) electrons. The van der Waals surface area contributed by atoms with E-state index in [1.165, 1.54) is 15.3 Å². The van der Waals surface area contributed by atoms with E-state index in [0.29, 0.717) is 41.7 Å². The Morgan fingerprint density at radius 1 is 0.833 bits per heavy atom. The number of urea groups is 1. The van der Waals surface area contributed by atoms with Crippen LogP contribution in [0, 0.1) is 6.92 Å². The molecule has 210 valence electrons. The number of hydrogen-bond donors (Lipinski definition) is 2. The topological polar surface area (TPSA) is 110 Å². The molecule has 42 heavy (non-hydrogen) atoms. The summed E-state index contributed by atoms with van der Waals surface area (Å²) in [6.45, 7) is 2.69. The maximum atomic E-state index is 13.5. The number of benzene rings is 4. The average Bonchev–Trinajstić information content (AvgIpc) is 2.97. The second kappa shape index (κ2) is 11.6. The number of unbranched alkanes of at least 4 members (excludes halogenated alkanes) is 3. The minimum atomic E-state index is -0.341. The number of carbonyl (C=O) groups is 1. The third-order valence-electron chi connectivity index (χ3n) is 7.56. The SMILES string of the molecule is Cc1cc(N=C=O)cc(NC(=O)NCCCCCCn2c(=O)c3ccc4sc5ccccc5c5ccc(c2=O)c3c45)c1. The van der Waals surface area contributed by atoms with Crippen LogP contribution in [0.4, 0.5) is 16.2 Å².